The molecule has 1 aromatic rings. The van der Waals surface area contributed by atoms with Gasteiger partial charge in [-0.1, -0.05) is 6.92 Å². The van der Waals surface area contributed by atoms with E-state index in [0.717, 1.165) is 16.3 Å². The van der Waals surface area contributed by atoms with Crippen LogP contribution in [0.4, 0.5) is 4.79 Å². The van der Waals surface area contributed by atoms with Crippen molar-refractivity contribution in [2.45, 2.75) is 19.9 Å². The van der Waals surface area contributed by atoms with E-state index < -0.39 is 24.5 Å². The Morgan fingerprint density at radius 2 is 2.00 bits per heavy atom. The van der Waals surface area contributed by atoms with E-state index >= 15 is 0 Å². The topological polar surface area (TPSA) is 120 Å². The first-order chi connectivity index (χ1) is 9.51. The highest BCUT2D eigenvalue weighted by molar-refractivity contribution is 7.11. The third-order valence-electron chi connectivity index (χ3n) is 2.20. The lowest BCUT2D eigenvalue weighted by Gasteiger charge is -2.06. The third kappa shape index (κ3) is 6.14. The first-order valence-corrected chi connectivity index (χ1v) is 6.76. The summed E-state index contributed by atoms with van der Waals surface area (Å²) in [6.45, 7) is 1.55. The van der Waals surface area contributed by atoms with Gasteiger partial charge in [-0.15, -0.1) is 11.3 Å². The Bertz CT molecular complexity index is 489. The molecule has 9 heteroatoms. The molecule has 0 unspecified atom stereocenters. The predicted molar refractivity (Wildman–Crippen MR) is 72.4 cm³/mol. The van der Waals surface area contributed by atoms with Crippen LogP contribution in [0.2, 0.25) is 0 Å². The molecule has 0 aliphatic rings. The number of carboxylic acids is 1. The highest BCUT2D eigenvalue weighted by Crippen LogP contribution is 2.12. The second kappa shape index (κ2) is 8.10. The summed E-state index contributed by atoms with van der Waals surface area (Å²) in [6, 6.07) is -0.510. The van der Waals surface area contributed by atoms with E-state index in [4.69, 9.17) is 5.11 Å². The fourth-order valence-electron chi connectivity index (χ4n) is 1.21. The van der Waals surface area contributed by atoms with Crippen LogP contribution < -0.4 is 16.0 Å². The Labute approximate surface area is 119 Å². The minimum atomic E-state index is -1.14. The Balaban J connectivity index is 2.20. The number of nitrogens with one attached hydrogen (secondary N) is 3. The zero-order valence-corrected chi connectivity index (χ0v) is 11.7. The first kappa shape index (κ1) is 15.9. The molecule has 0 radical (unpaired) electrons. The van der Waals surface area contributed by atoms with E-state index in [2.05, 4.69) is 20.9 Å². The third-order valence-corrected chi connectivity index (χ3v) is 3.34. The van der Waals surface area contributed by atoms with Gasteiger partial charge in [-0.3, -0.25) is 9.59 Å². The summed E-state index contributed by atoms with van der Waals surface area (Å²) in [4.78, 5) is 38.0. The van der Waals surface area contributed by atoms with Gasteiger partial charge in [0.25, 0.3) is 0 Å². The van der Waals surface area contributed by atoms with Crippen molar-refractivity contribution < 1.29 is 19.5 Å². The second-order valence-corrected chi connectivity index (χ2v) is 4.98. The van der Waals surface area contributed by atoms with Gasteiger partial charge in [0.1, 0.15) is 11.6 Å². The van der Waals surface area contributed by atoms with Crippen LogP contribution in [0.1, 0.15) is 16.8 Å². The molecule has 0 aliphatic heterocycles. The van der Waals surface area contributed by atoms with E-state index in [9.17, 15) is 14.4 Å². The minimum Gasteiger partial charge on any atom is -0.480 e. The smallest absolute Gasteiger partial charge is 0.322 e. The molecule has 8 nitrogen and oxygen atoms in total. The molecule has 1 heterocycles. The number of hydrogen-bond donors (Lipinski definition) is 4. The average molecular weight is 300 g/mol. The van der Waals surface area contributed by atoms with Crippen molar-refractivity contribution in [2.24, 2.45) is 0 Å². The van der Waals surface area contributed by atoms with Gasteiger partial charge in [-0.25, -0.2) is 9.78 Å². The number of carbonyl (C=O) groups is 3. The Kier molecular flexibility index (Phi) is 6.44. The van der Waals surface area contributed by atoms with Crippen molar-refractivity contribution >= 4 is 29.2 Å². The molecule has 0 saturated carbocycles. The van der Waals surface area contributed by atoms with Crippen molar-refractivity contribution in [1.29, 1.82) is 0 Å². The highest BCUT2D eigenvalue weighted by Gasteiger charge is 2.07. The van der Waals surface area contributed by atoms with Gasteiger partial charge in [0.05, 0.1) is 13.1 Å². The van der Waals surface area contributed by atoms with Crippen molar-refractivity contribution in [3.8, 4) is 0 Å². The normalized spacial score (nSPS) is 9.85. The lowest BCUT2D eigenvalue weighted by molar-refractivity contribution is -0.137. The molecular formula is C11H16N4O4S. The standard InChI is InChI=1S/C11H16N4O4S/c1-2-7-3-13-9(20-7)5-15-11(19)14-4-8(16)12-6-10(17)18/h3H,2,4-6H2,1H3,(H,12,16)(H,17,18)(H2,14,15,19). The van der Waals surface area contributed by atoms with Crippen LogP contribution >= 0.6 is 11.3 Å². The molecule has 0 aromatic carbocycles. The molecule has 110 valence electrons. The Morgan fingerprint density at radius 3 is 2.60 bits per heavy atom. The van der Waals surface area contributed by atoms with Gasteiger partial charge in [0.2, 0.25) is 5.91 Å². The largest absolute Gasteiger partial charge is 0.480 e. The number of hydrogen-bond acceptors (Lipinski definition) is 5. The summed E-state index contributed by atoms with van der Waals surface area (Å²) in [7, 11) is 0. The van der Waals surface area contributed by atoms with E-state index in [1.165, 1.54) is 11.3 Å². The summed E-state index contributed by atoms with van der Waals surface area (Å²) in [5.41, 5.74) is 0. The van der Waals surface area contributed by atoms with Gasteiger partial charge in [0, 0.05) is 11.1 Å². The van der Waals surface area contributed by atoms with Crippen LogP contribution in [0.25, 0.3) is 0 Å². The number of thiazole rings is 1. The fraction of sp³-hybridized carbons (Fsp3) is 0.455. The number of carbonyl (C=O) groups excluding carboxylic acids is 2. The summed E-state index contributed by atoms with van der Waals surface area (Å²) in [6.07, 6.45) is 2.66. The van der Waals surface area contributed by atoms with Crippen molar-refractivity contribution in [3.63, 3.8) is 0 Å². The van der Waals surface area contributed by atoms with E-state index in [0.29, 0.717) is 0 Å². The number of rotatable bonds is 7. The summed E-state index contributed by atoms with van der Waals surface area (Å²) < 4.78 is 0. The van der Waals surface area contributed by atoms with Crippen LogP contribution in [-0.2, 0) is 22.6 Å². The monoisotopic (exact) mass is 300 g/mol. The summed E-state index contributed by atoms with van der Waals surface area (Å²) >= 11 is 1.51. The lowest BCUT2D eigenvalue weighted by atomic mass is 10.4. The number of amides is 3. The number of nitrogens with zero attached hydrogens (tertiary/aromatic N) is 1. The maximum absolute atomic E-state index is 11.4. The minimum absolute atomic E-state index is 0.281. The molecule has 0 atom stereocenters. The van der Waals surface area contributed by atoms with Crippen LogP contribution in [0.3, 0.4) is 0 Å². The van der Waals surface area contributed by atoms with Crippen LogP contribution in [0, 0.1) is 0 Å². The molecule has 0 spiro atoms. The quantitative estimate of drug-likeness (QED) is 0.551. The van der Waals surface area contributed by atoms with Gasteiger partial charge in [-0.05, 0) is 6.42 Å². The van der Waals surface area contributed by atoms with Crippen molar-refractivity contribution in [1.82, 2.24) is 20.9 Å². The molecule has 20 heavy (non-hydrogen) atoms. The zero-order chi connectivity index (χ0) is 15.0. The molecule has 1 rings (SSSR count). The first-order valence-electron chi connectivity index (χ1n) is 5.95. The van der Waals surface area contributed by atoms with E-state index in [1.807, 2.05) is 6.92 Å². The highest BCUT2D eigenvalue weighted by atomic mass is 32.1. The van der Waals surface area contributed by atoms with Gasteiger partial charge >= 0.3 is 12.0 Å². The second-order valence-electron chi connectivity index (χ2n) is 3.78. The molecule has 0 fully saturated rings. The Morgan fingerprint density at radius 1 is 1.25 bits per heavy atom. The zero-order valence-electron chi connectivity index (χ0n) is 10.9. The molecule has 0 aliphatic carbocycles. The van der Waals surface area contributed by atoms with Crippen molar-refractivity contribution in [2.75, 3.05) is 13.1 Å². The molecule has 0 saturated heterocycles. The average Bonchev–Trinajstić information content (AvgIpc) is 2.88. The van der Waals surface area contributed by atoms with Crippen LogP contribution in [-0.4, -0.2) is 41.1 Å². The summed E-state index contributed by atoms with van der Waals surface area (Å²) in [5.74, 6) is -1.71. The van der Waals surface area contributed by atoms with Gasteiger partial charge < -0.3 is 21.1 Å². The van der Waals surface area contributed by atoms with Gasteiger partial charge in [-0.2, -0.15) is 0 Å². The molecule has 1 aromatic heterocycles. The van der Waals surface area contributed by atoms with Crippen LogP contribution in [0.15, 0.2) is 6.20 Å². The lowest BCUT2D eigenvalue weighted by Crippen LogP contribution is -2.42. The molecular weight excluding hydrogens is 284 g/mol. The Hall–Kier alpha value is -2.16. The fourth-order valence-corrected chi connectivity index (χ4v) is 2.01. The maximum atomic E-state index is 11.4. The number of aryl methyl sites for hydroxylation is 1. The number of urea groups is 1. The van der Waals surface area contributed by atoms with E-state index in [1.54, 1.807) is 6.20 Å². The number of aromatic nitrogens is 1. The van der Waals surface area contributed by atoms with Crippen molar-refractivity contribution in [3.05, 3.63) is 16.1 Å². The number of carboxylic acid groups (broad SMARTS) is 1. The number of aliphatic carboxylic acids is 1. The van der Waals surface area contributed by atoms with Gasteiger partial charge in [0.15, 0.2) is 0 Å². The molecule has 0 bridgehead atoms. The SMILES string of the molecule is CCc1cnc(CNC(=O)NCC(=O)NCC(=O)O)s1. The molecule has 4 N–H and O–H groups in total. The predicted octanol–water partition coefficient (Wildman–Crippen LogP) is -0.294. The van der Waals surface area contributed by atoms with Crippen LogP contribution in [0.5, 0.6) is 0 Å². The molecule has 3 amide bonds. The maximum Gasteiger partial charge on any atom is 0.322 e. The summed E-state index contributed by atoms with van der Waals surface area (Å²) in [5, 5.41) is 16.1. The van der Waals surface area contributed by atoms with E-state index in [-0.39, 0.29) is 13.1 Å².